The zero-order valence-corrected chi connectivity index (χ0v) is 9.56. The molecule has 4 heteroatoms. The summed E-state index contributed by atoms with van der Waals surface area (Å²) in [6.45, 7) is 1.66. The van der Waals surface area contributed by atoms with Crippen LogP contribution in [0.3, 0.4) is 0 Å². The fourth-order valence-corrected chi connectivity index (χ4v) is 2.07. The lowest BCUT2D eigenvalue weighted by atomic mass is 10.1. The van der Waals surface area contributed by atoms with Gasteiger partial charge in [-0.2, -0.15) is 0 Å². The van der Waals surface area contributed by atoms with Gasteiger partial charge in [0, 0.05) is 13.1 Å². The molecule has 1 aromatic rings. The lowest BCUT2D eigenvalue weighted by Crippen LogP contribution is -2.29. The predicted octanol–water partition coefficient (Wildman–Crippen LogP) is 1.55. The maximum atomic E-state index is 11.9. The molecule has 2 rings (SSSR count). The van der Waals surface area contributed by atoms with Gasteiger partial charge < -0.3 is 10.0 Å². The molecule has 1 aliphatic heterocycles. The number of carboxylic acid groups (broad SMARTS) is 1. The lowest BCUT2D eigenvalue weighted by Gasteiger charge is -2.15. The summed E-state index contributed by atoms with van der Waals surface area (Å²) >= 11 is 0. The maximum absolute atomic E-state index is 11.9. The summed E-state index contributed by atoms with van der Waals surface area (Å²) < 4.78 is 0. The topological polar surface area (TPSA) is 57.6 Å². The monoisotopic (exact) mass is 233 g/mol. The number of amides is 1. The number of nitrogens with zero attached hydrogens (tertiary/aromatic N) is 1. The standard InChI is InChI=1S/C13H15NO3/c15-12(14-6-1-2-7-14)9-10-4-3-5-11(8-10)13(16)17/h3-5,8H,1-2,6-7,9H2,(H,16,17). The molecular weight excluding hydrogens is 218 g/mol. The molecule has 0 spiro atoms. The van der Waals surface area contributed by atoms with Crippen molar-refractivity contribution in [3.8, 4) is 0 Å². The number of aromatic carboxylic acids is 1. The number of benzene rings is 1. The van der Waals surface area contributed by atoms with E-state index in [4.69, 9.17) is 5.11 Å². The molecule has 1 aromatic carbocycles. The third-order valence-electron chi connectivity index (χ3n) is 2.99. The summed E-state index contributed by atoms with van der Waals surface area (Å²) in [5.74, 6) is -0.870. The summed E-state index contributed by atoms with van der Waals surface area (Å²) in [6.07, 6.45) is 2.43. The zero-order valence-electron chi connectivity index (χ0n) is 9.56. The third-order valence-corrected chi connectivity index (χ3v) is 2.99. The minimum Gasteiger partial charge on any atom is -0.478 e. The number of hydrogen-bond donors (Lipinski definition) is 1. The molecule has 1 heterocycles. The van der Waals surface area contributed by atoms with Crippen LogP contribution >= 0.6 is 0 Å². The second-order valence-corrected chi connectivity index (χ2v) is 4.27. The Hall–Kier alpha value is -1.84. The molecule has 17 heavy (non-hydrogen) atoms. The molecule has 1 N–H and O–H groups in total. The Morgan fingerprint density at radius 3 is 2.59 bits per heavy atom. The van der Waals surface area contributed by atoms with Gasteiger partial charge in [-0.3, -0.25) is 4.79 Å². The number of hydrogen-bond acceptors (Lipinski definition) is 2. The minimum atomic E-state index is -0.958. The van der Waals surface area contributed by atoms with Crippen molar-refractivity contribution in [1.29, 1.82) is 0 Å². The average molecular weight is 233 g/mol. The van der Waals surface area contributed by atoms with Crippen LogP contribution in [0.1, 0.15) is 28.8 Å². The van der Waals surface area contributed by atoms with Gasteiger partial charge >= 0.3 is 5.97 Å². The van der Waals surface area contributed by atoms with Crippen molar-refractivity contribution in [1.82, 2.24) is 4.90 Å². The largest absolute Gasteiger partial charge is 0.478 e. The molecular formula is C13H15NO3. The van der Waals surface area contributed by atoms with Gasteiger partial charge in [-0.1, -0.05) is 12.1 Å². The highest BCUT2D eigenvalue weighted by molar-refractivity contribution is 5.88. The quantitative estimate of drug-likeness (QED) is 0.861. The normalized spacial score (nSPS) is 14.9. The first-order valence-corrected chi connectivity index (χ1v) is 5.77. The van der Waals surface area contributed by atoms with Gasteiger partial charge in [-0.05, 0) is 30.5 Å². The van der Waals surface area contributed by atoms with Crippen molar-refractivity contribution in [3.63, 3.8) is 0 Å². The lowest BCUT2D eigenvalue weighted by molar-refractivity contribution is -0.129. The van der Waals surface area contributed by atoms with Crippen molar-refractivity contribution < 1.29 is 14.7 Å². The van der Waals surface area contributed by atoms with E-state index in [0.717, 1.165) is 31.5 Å². The first-order chi connectivity index (χ1) is 8.16. The molecule has 0 aliphatic carbocycles. The number of carboxylic acids is 1. The molecule has 1 aliphatic rings. The molecule has 90 valence electrons. The Morgan fingerprint density at radius 1 is 1.24 bits per heavy atom. The number of rotatable bonds is 3. The summed E-state index contributed by atoms with van der Waals surface area (Å²) in [7, 11) is 0. The van der Waals surface area contributed by atoms with Crippen molar-refractivity contribution >= 4 is 11.9 Å². The number of likely N-dealkylation sites (tertiary alicyclic amines) is 1. The molecule has 0 saturated carbocycles. The molecule has 1 fully saturated rings. The molecule has 0 unspecified atom stereocenters. The molecule has 0 atom stereocenters. The Morgan fingerprint density at radius 2 is 1.94 bits per heavy atom. The van der Waals surface area contributed by atoms with Crippen LogP contribution < -0.4 is 0 Å². The first-order valence-electron chi connectivity index (χ1n) is 5.77. The Kier molecular flexibility index (Phi) is 3.42. The fraction of sp³-hybridized carbons (Fsp3) is 0.385. The van der Waals surface area contributed by atoms with Gasteiger partial charge in [0.15, 0.2) is 0 Å². The number of carbonyl (C=O) groups excluding carboxylic acids is 1. The van der Waals surface area contributed by atoms with Crippen molar-refractivity contribution in [2.75, 3.05) is 13.1 Å². The summed E-state index contributed by atoms with van der Waals surface area (Å²) in [4.78, 5) is 24.5. The second-order valence-electron chi connectivity index (χ2n) is 4.27. The van der Waals surface area contributed by atoms with Crippen LogP contribution in [-0.4, -0.2) is 35.0 Å². The smallest absolute Gasteiger partial charge is 0.335 e. The van der Waals surface area contributed by atoms with Crippen LogP contribution in [0.15, 0.2) is 24.3 Å². The van der Waals surface area contributed by atoms with Gasteiger partial charge in [0.05, 0.1) is 12.0 Å². The van der Waals surface area contributed by atoms with E-state index in [0.29, 0.717) is 6.42 Å². The minimum absolute atomic E-state index is 0.0880. The van der Waals surface area contributed by atoms with E-state index in [1.165, 1.54) is 6.07 Å². The first kappa shape index (κ1) is 11.6. The van der Waals surface area contributed by atoms with Crippen molar-refractivity contribution in [2.24, 2.45) is 0 Å². The fourth-order valence-electron chi connectivity index (χ4n) is 2.07. The van der Waals surface area contributed by atoms with Gasteiger partial charge in [-0.15, -0.1) is 0 Å². The van der Waals surface area contributed by atoms with Crippen LogP contribution in [0.5, 0.6) is 0 Å². The van der Waals surface area contributed by atoms with Crippen LogP contribution in [0, 0.1) is 0 Å². The van der Waals surface area contributed by atoms with Gasteiger partial charge in [0.2, 0.25) is 5.91 Å². The van der Waals surface area contributed by atoms with E-state index in [2.05, 4.69) is 0 Å². The second kappa shape index (κ2) is 4.99. The molecule has 0 aromatic heterocycles. The maximum Gasteiger partial charge on any atom is 0.335 e. The Labute approximate surface area is 99.9 Å². The number of carbonyl (C=O) groups is 2. The van der Waals surface area contributed by atoms with Crippen molar-refractivity contribution in [3.05, 3.63) is 35.4 Å². The highest BCUT2D eigenvalue weighted by atomic mass is 16.4. The van der Waals surface area contributed by atoms with E-state index in [-0.39, 0.29) is 11.5 Å². The highest BCUT2D eigenvalue weighted by Crippen LogP contribution is 2.12. The summed E-state index contributed by atoms with van der Waals surface area (Å²) in [5.41, 5.74) is 0.999. The van der Waals surface area contributed by atoms with Crippen LogP contribution in [0.25, 0.3) is 0 Å². The predicted molar refractivity (Wildman–Crippen MR) is 62.9 cm³/mol. The highest BCUT2D eigenvalue weighted by Gasteiger charge is 2.18. The van der Waals surface area contributed by atoms with E-state index >= 15 is 0 Å². The molecule has 0 radical (unpaired) electrons. The van der Waals surface area contributed by atoms with Crippen LogP contribution in [0.2, 0.25) is 0 Å². The van der Waals surface area contributed by atoms with E-state index in [1.807, 2.05) is 4.90 Å². The molecule has 4 nitrogen and oxygen atoms in total. The van der Waals surface area contributed by atoms with E-state index in [9.17, 15) is 9.59 Å². The molecule has 1 amide bonds. The van der Waals surface area contributed by atoms with Gasteiger partial charge in [0.25, 0.3) is 0 Å². The van der Waals surface area contributed by atoms with Crippen LogP contribution in [-0.2, 0) is 11.2 Å². The summed E-state index contributed by atoms with van der Waals surface area (Å²) in [6, 6.07) is 6.57. The molecule has 1 saturated heterocycles. The Balaban J connectivity index is 2.05. The van der Waals surface area contributed by atoms with E-state index in [1.54, 1.807) is 18.2 Å². The zero-order chi connectivity index (χ0) is 12.3. The SMILES string of the molecule is O=C(O)c1cccc(CC(=O)N2CCCC2)c1. The van der Waals surface area contributed by atoms with Gasteiger partial charge in [-0.25, -0.2) is 4.79 Å². The molecule has 0 bridgehead atoms. The van der Waals surface area contributed by atoms with Crippen molar-refractivity contribution in [2.45, 2.75) is 19.3 Å². The summed E-state index contributed by atoms with van der Waals surface area (Å²) in [5, 5.41) is 8.86. The average Bonchev–Trinajstić information content (AvgIpc) is 2.82. The third kappa shape index (κ3) is 2.84. The Bertz CT molecular complexity index is 436. The van der Waals surface area contributed by atoms with Gasteiger partial charge in [0.1, 0.15) is 0 Å². The van der Waals surface area contributed by atoms with Crippen LogP contribution in [0.4, 0.5) is 0 Å². The van der Waals surface area contributed by atoms with E-state index < -0.39 is 5.97 Å².